The fourth-order valence-corrected chi connectivity index (χ4v) is 2.53. The fourth-order valence-electron chi connectivity index (χ4n) is 2.53. The predicted molar refractivity (Wildman–Crippen MR) is 85.6 cm³/mol. The van der Waals surface area contributed by atoms with E-state index in [1.54, 1.807) is 37.4 Å². The van der Waals surface area contributed by atoms with Gasteiger partial charge < -0.3 is 15.2 Å². The second kappa shape index (κ2) is 6.00. The molecule has 3 rings (SSSR count). The number of aromatic hydroxyl groups is 1. The van der Waals surface area contributed by atoms with Gasteiger partial charge in [-0.1, -0.05) is 6.07 Å². The van der Waals surface area contributed by atoms with Gasteiger partial charge in [0.05, 0.1) is 19.2 Å². The van der Waals surface area contributed by atoms with Crippen molar-refractivity contribution >= 4 is 23.2 Å². The number of phenolic OH excluding ortho intramolecular Hbond substituents is 1. The number of phenols is 1. The molecule has 0 spiro atoms. The fraction of sp³-hybridized carbons (Fsp3) is 0.176. The van der Waals surface area contributed by atoms with E-state index in [0.717, 1.165) is 4.90 Å². The van der Waals surface area contributed by atoms with Crippen LogP contribution in [0.3, 0.4) is 0 Å². The predicted octanol–water partition coefficient (Wildman–Crippen LogP) is 2.14. The molecule has 118 valence electrons. The molecule has 1 saturated heterocycles. The summed E-state index contributed by atoms with van der Waals surface area (Å²) in [6.45, 7) is 0. The Labute approximate surface area is 133 Å². The molecule has 1 aliphatic heterocycles. The zero-order valence-corrected chi connectivity index (χ0v) is 12.5. The van der Waals surface area contributed by atoms with Crippen molar-refractivity contribution < 1.29 is 19.4 Å². The van der Waals surface area contributed by atoms with Gasteiger partial charge in [-0.05, 0) is 36.4 Å². The average molecular weight is 312 g/mol. The molecule has 6 heteroatoms. The maximum Gasteiger partial charge on any atom is 0.256 e. The summed E-state index contributed by atoms with van der Waals surface area (Å²) in [5.74, 6) is 0.158. The van der Waals surface area contributed by atoms with Gasteiger partial charge in [-0.2, -0.15) is 0 Å². The Morgan fingerprint density at radius 2 is 1.91 bits per heavy atom. The van der Waals surface area contributed by atoms with E-state index in [0.29, 0.717) is 17.1 Å². The molecule has 0 radical (unpaired) electrons. The highest BCUT2D eigenvalue weighted by Gasteiger charge is 2.39. The molecule has 2 aromatic carbocycles. The van der Waals surface area contributed by atoms with Gasteiger partial charge in [-0.25, -0.2) is 4.90 Å². The minimum atomic E-state index is -0.622. The van der Waals surface area contributed by atoms with Crippen molar-refractivity contribution in [2.45, 2.75) is 12.5 Å². The van der Waals surface area contributed by atoms with Crippen LogP contribution in [0.5, 0.6) is 11.5 Å². The molecule has 1 heterocycles. The summed E-state index contributed by atoms with van der Waals surface area (Å²) in [5.41, 5.74) is 1.16. The Bertz CT molecular complexity index is 743. The highest BCUT2D eigenvalue weighted by molar-refractivity contribution is 6.23. The number of nitrogens with zero attached hydrogens (tertiary/aromatic N) is 1. The molecule has 2 aromatic rings. The number of hydrogen-bond donors (Lipinski definition) is 2. The van der Waals surface area contributed by atoms with E-state index >= 15 is 0 Å². The zero-order chi connectivity index (χ0) is 16.4. The minimum absolute atomic E-state index is 0.0803. The first-order valence-corrected chi connectivity index (χ1v) is 7.15. The third-order valence-corrected chi connectivity index (χ3v) is 3.67. The lowest BCUT2D eigenvalue weighted by Gasteiger charge is -2.16. The molecule has 0 aromatic heterocycles. The molecule has 2 amide bonds. The summed E-state index contributed by atoms with van der Waals surface area (Å²) >= 11 is 0. The molecule has 1 fully saturated rings. The lowest BCUT2D eigenvalue weighted by Crippen LogP contribution is -2.34. The van der Waals surface area contributed by atoms with E-state index in [4.69, 9.17) is 4.74 Å². The molecule has 6 nitrogen and oxygen atoms in total. The maximum absolute atomic E-state index is 12.5. The standard InChI is InChI=1S/C17H16N2O4/c1-23-14-4-2-3-11(9-14)18-15-10-16(21)19(17(15)22)12-5-7-13(20)8-6-12/h2-9,15,18,20H,10H2,1H3. The Kier molecular flexibility index (Phi) is 3.89. The maximum atomic E-state index is 12.5. The van der Waals surface area contributed by atoms with Crippen molar-refractivity contribution in [1.29, 1.82) is 0 Å². The van der Waals surface area contributed by atoms with Crippen LogP contribution in [0.1, 0.15) is 6.42 Å². The summed E-state index contributed by atoms with van der Waals surface area (Å²) in [4.78, 5) is 25.8. The monoisotopic (exact) mass is 312 g/mol. The number of methoxy groups -OCH3 is 1. The lowest BCUT2D eigenvalue weighted by atomic mass is 10.2. The Hall–Kier alpha value is -3.02. The first-order chi connectivity index (χ1) is 11.1. The Balaban J connectivity index is 1.79. The second-order valence-corrected chi connectivity index (χ2v) is 5.22. The van der Waals surface area contributed by atoms with Crippen LogP contribution in [0, 0.1) is 0 Å². The van der Waals surface area contributed by atoms with Crippen LogP contribution in [0.4, 0.5) is 11.4 Å². The largest absolute Gasteiger partial charge is 0.508 e. The Morgan fingerprint density at radius 3 is 2.61 bits per heavy atom. The molecule has 1 atom stereocenters. The molecule has 0 bridgehead atoms. The van der Waals surface area contributed by atoms with Crippen LogP contribution in [0.2, 0.25) is 0 Å². The van der Waals surface area contributed by atoms with Gasteiger partial charge in [0.25, 0.3) is 5.91 Å². The number of rotatable bonds is 4. The van der Waals surface area contributed by atoms with Gasteiger partial charge >= 0.3 is 0 Å². The molecule has 23 heavy (non-hydrogen) atoms. The number of benzene rings is 2. The SMILES string of the molecule is COc1cccc(NC2CC(=O)N(c3ccc(O)cc3)C2=O)c1. The van der Waals surface area contributed by atoms with Gasteiger partial charge in [-0.15, -0.1) is 0 Å². The highest BCUT2D eigenvalue weighted by Crippen LogP contribution is 2.27. The van der Waals surface area contributed by atoms with E-state index < -0.39 is 6.04 Å². The van der Waals surface area contributed by atoms with Crippen molar-refractivity contribution in [1.82, 2.24) is 0 Å². The second-order valence-electron chi connectivity index (χ2n) is 5.22. The molecular weight excluding hydrogens is 296 g/mol. The van der Waals surface area contributed by atoms with Gasteiger partial charge in [0.1, 0.15) is 17.5 Å². The molecule has 0 saturated carbocycles. The van der Waals surface area contributed by atoms with Crippen molar-refractivity contribution in [3.8, 4) is 11.5 Å². The van der Waals surface area contributed by atoms with Crippen molar-refractivity contribution in [3.05, 3.63) is 48.5 Å². The summed E-state index contributed by atoms with van der Waals surface area (Å²) in [7, 11) is 1.57. The van der Waals surface area contributed by atoms with Crippen molar-refractivity contribution in [3.63, 3.8) is 0 Å². The van der Waals surface area contributed by atoms with Crippen LogP contribution < -0.4 is 15.0 Å². The summed E-state index contributed by atoms with van der Waals surface area (Å²) < 4.78 is 5.14. The van der Waals surface area contributed by atoms with E-state index in [2.05, 4.69) is 5.32 Å². The number of ether oxygens (including phenoxy) is 1. The summed E-state index contributed by atoms with van der Waals surface area (Å²) in [6.07, 6.45) is 0.0803. The molecule has 1 unspecified atom stereocenters. The Morgan fingerprint density at radius 1 is 1.17 bits per heavy atom. The topological polar surface area (TPSA) is 78.9 Å². The number of hydrogen-bond acceptors (Lipinski definition) is 5. The molecule has 0 aliphatic carbocycles. The number of carbonyl (C=O) groups is 2. The van der Waals surface area contributed by atoms with Gasteiger partial charge in [0.15, 0.2) is 0 Å². The number of amides is 2. The summed E-state index contributed by atoms with van der Waals surface area (Å²) in [5, 5.41) is 12.4. The minimum Gasteiger partial charge on any atom is -0.508 e. The van der Waals surface area contributed by atoms with Gasteiger partial charge in [-0.3, -0.25) is 9.59 Å². The third-order valence-electron chi connectivity index (χ3n) is 3.67. The van der Waals surface area contributed by atoms with E-state index in [1.807, 2.05) is 6.07 Å². The van der Waals surface area contributed by atoms with E-state index in [1.165, 1.54) is 12.1 Å². The number of carbonyl (C=O) groups excluding carboxylic acids is 2. The first kappa shape index (κ1) is 14.9. The van der Waals surface area contributed by atoms with Crippen LogP contribution >= 0.6 is 0 Å². The average Bonchev–Trinajstić information content (AvgIpc) is 2.83. The first-order valence-electron chi connectivity index (χ1n) is 7.15. The van der Waals surface area contributed by atoms with Crippen LogP contribution in [0.25, 0.3) is 0 Å². The van der Waals surface area contributed by atoms with Crippen LogP contribution in [0.15, 0.2) is 48.5 Å². The van der Waals surface area contributed by atoms with Crippen molar-refractivity contribution in [2.75, 3.05) is 17.3 Å². The summed E-state index contributed by atoms with van der Waals surface area (Å²) in [6, 6.07) is 12.5. The number of nitrogens with one attached hydrogen (secondary N) is 1. The van der Waals surface area contributed by atoms with Crippen LogP contribution in [-0.4, -0.2) is 30.1 Å². The zero-order valence-electron chi connectivity index (χ0n) is 12.5. The number of imide groups is 1. The van der Waals surface area contributed by atoms with Gasteiger partial charge in [0, 0.05) is 11.8 Å². The molecular formula is C17H16N2O4. The third kappa shape index (κ3) is 2.96. The van der Waals surface area contributed by atoms with Crippen molar-refractivity contribution in [2.24, 2.45) is 0 Å². The molecule has 2 N–H and O–H groups in total. The number of anilines is 2. The lowest BCUT2D eigenvalue weighted by molar-refractivity contribution is -0.121. The quantitative estimate of drug-likeness (QED) is 0.846. The van der Waals surface area contributed by atoms with Crippen LogP contribution in [-0.2, 0) is 9.59 Å². The van der Waals surface area contributed by atoms with E-state index in [9.17, 15) is 14.7 Å². The van der Waals surface area contributed by atoms with Gasteiger partial charge in [0.2, 0.25) is 5.91 Å². The highest BCUT2D eigenvalue weighted by atomic mass is 16.5. The van der Waals surface area contributed by atoms with E-state index in [-0.39, 0.29) is 24.0 Å². The normalized spacial score (nSPS) is 17.4. The smallest absolute Gasteiger partial charge is 0.256 e. The molecule has 1 aliphatic rings.